The first-order valence-corrected chi connectivity index (χ1v) is 9.42. The highest BCUT2D eigenvalue weighted by Crippen LogP contribution is 2.20. The van der Waals surface area contributed by atoms with Gasteiger partial charge in [0.1, 0.15) is 5.82 Å². The number of hydrogen-bond donors (Lipinski definition) is 0. The van der Waals surface area contributed by atoms with Crippen LogP contribution in [0, 0.1) is 5.82 Å². The van der Waals surface area contributed by atoms with E-state index >= 15 is 0 Å². The smallest absolute Gasteiger partial charge is 0.214 e. The maximum Gasteiger partial charge on any atom is 0.214 e. The number of hydrogen-bond acceptors (Lipinski definition) is 5. The summed E-state index contributed by atoms with van der Waals surface area (Å²) in [7, 11) is 0. The van der Waals surface area contributed by atoms with E-state index in [1.165, 1.54) is 12.3 Å². The second-order valence-corrected chi connectivity index (χ2v) is 6.80. The Bertz CT molecular complexity index is 935. The predicted octanol–water partition coefficient (Wildman–Crippen LogP) is 2.47. The third-order valence-corrected chi connectivity index (χ3v) is 4.99. The quantitative estimate of drug-likeness (QED) is 0.616. The molecule has 7 heteroatoms. The number of carbonyl (C=O) groups is 1. The number of rotatable bonds is 6. The molecular weight excluding hydrogens is 357 g/mol. The summed E-state index contributed by atoms with van der Waals surface area (Å²) in [6, 6.07) is 16.0. The van der Waals surface area contributed by atoms with Crippen LogP contribution in [0.5, 0.6) is 0 Å². The molecule has 0 amide bonds. The van der Waals surface area contributed by atoms with E-state index in [9.17, 15) is 9.18 Å². The zero-order chi connectivity index (χ0) is 19.3. The molecule has 0 N–H and O–H groups in total. The van der Waals surface area contributed by atoms with Gasteiger partial charge >= 0.3 is 0 Å². The van der Waals surface area contributed by atoms with Crippen molar-refractivity contribution in [1.82, 2.24) is 19.9 Å². The van der Waals surface area contributed by atoms with Crippen molar-refractivity contribution in [3.05, 3.63) is 77.9 Å². The standard InChI is InChI=1S/C21H22FN5O/c22-18-8-4-5-9-20(18)26-13-10-25(11-14-26)12-15-27-23-16-19(24-27)21(28)17-6-2-1-3-7-17/h1-9,16H,10-15H2. The summed E-state index contributed by atoms with van der Waals surface area (Å²) in [5.74, 6) is -0.294. The minimum atomic E-state index is -0.174. The fourth-order valence-corrected chi connectivity index (χ4v) is 3.40. The molecule has 0 bridgehead atoms. The molecule has 0 spiro atoms. The zero-order valence-electron chi connectivity index (χ0n) is 15.5. The van der Waals surface area contributed by atoms with Crippen LogP contribution in [0.4, 0.5) is 10.1 Å². The van der Waals surface area contributed by atoms with Crippen LogP contribution in [0.15, 0.2) is 60.8 Å². The normalized spacial score (nSPS) is 15.0. The van der Waals surface area contributed by atoms with E-state index in [1.807, 2.05) is 30.3 Å². The van der Waals surface area contributed by atoms with Gasteiger partial charge in [-0.15, -0.1) is 5.10 Å². The highest BCUT2D eigenvalue weighted by molar-refractivity contribution is 6.07. The molecule has 0 aliphatic carbocycles. The second kappa shape index (κ2) is 8.31. The molecule has 3 aromatic rings. The largest absolute Gasteiger partial charge is 0.367 e. The van der Waals surface area contributed by atoms with Crippen LogP contribution >= 0.6 is 0 Å². The molecule has 28 heavy (non-hydrogen) atoms. The van der Waals surface area contributed by atoms with Crippen molar-refractivity contribution < 1.29 is 9.18 Å². The van der Waals surface area contributed by atoms with E-state index in [-0.39, 0.29) is 11.6 Å². The molecule has 1 saturated heterocycles. The molecule has 2 heterocycles. The molecule has 1 fully saturated rings. The third kappa shape index (κ3) is 4.09. The van der Waals surface area contributed by atoms with Crippen LogP contribution in [0.1, 0.15) is 16.1 Å². The van der Waals surface area contributed by atoms with Gasteiger partial charge in [-0.25, -0.2) is 4.39 Å². The Labute approximate surface area is 163 Å². The minimum Gasteiger partial charge on any atom is -0.367 e. The van der Waals surface area contributed by atoms with Gasteiger partial charge in [0, 0.05) is 38.3 Å². The summed E-state index contributed by atoms with van der Waals surface area (Å²) in [6.07, 6.45) is 1.52. The molecular formula is C21H22FN5O. The maximum atomic E-state index is 13.9. The van der Waals surface area contributed by atoms with Gasteiger partial charge in [0.25, 0.3) is 0 Å². The lowest BCUT2D eigenvalue weighted by atomic mass is 10.1. The number of nitrogens with zero attached hydrogens (tertiary/aromatic N) is 5. The summed E-state index contributed by atoms with van der Waals surface area (Å²) in [5.41, 5.74) is 1.63. The lowest BCUT2D eigenvalue weighted by molar-refractivity contribution is 0.103. The maximum absolute atomic E-state index is 13.9. The molecule has 144 valence electrons. The Morgan fingerprint density at radius 2 is 1.64 bits per heavy atom. The van der Waals surface area contributed by atoms with Gasteiger partial charge in [0.15, 0.2) is 5.69 Å². The molecule has 0 atom stereocenters. The monoisotopic (exact) mass is 379 g/mol. The first-order valence-electron chi connectivity index (χ1n) is 9.42. The van der Waals surface area contributed by atoms with Crippen molar-refractivity contribution in [2.45, 2.75) is 6.54 Å². The summed E-state index contributed by atoms with van der Waals surface area (Å²) in [6.45, 7) is 4.67. The van der Waals surface area contributed by atoms with E-state index < -0.39 is 0 Å². The summed E-state index contributed by atoms with van der Waals surface area (Å²) >= 11 is 0. The van der Waals surface area contributed by atoms with Gasteiger partial charge in [-0.1, -0.05) is 42.5 Å². The summed E-state index contributed by atoms with van der Waals surface area (Å²) in [4.78, 5) is 18.4. The molecule has 6 nitrogen and oxygen atoms in total. The van der Waals surface area contributed by atoms with E-state index in [0.29, 0.717) is 23.5 Å². The topological polar surface area (TPSA) is 54.3 Å². The second-order valence-electron chi connectivity index (χ2n) is 6.80. The van der Waals surface area contributed by atoms with Gasteiger partial charge in [0.2, 0.25) is 5.78 Å². The van der Waals surface area contributed by atoms with E-state index in [0.717, 1.165) is 32.7 Å². The van der Waals surface area contributed by atoms with Crippen LogP contribution in [0.3, 0.4) is 0 Å². The highest BCUT2D eigenvalue weighted by Gasteiger charge is 2.19. The number of halogens is 1. The number of aromatic nitrogens is 3. The average molecular weight is 379 g/mol. The number of piperazine rings is 1. The minimum absolute atomic E-state index is 0.120. The molecule has 1 aromatic heterocycles. The van der Waals surface area contributed by atoms with Gasteiger partial charge in [0.05, 0.1) is 18.4 Å². The molecule has 4 rings (SSSR count). The third-order valence-electron chi connectivity index (χ3n) is 4.99. The van der Waals surface area contributed by atoms with Crippen molar-refractivity contribution in [2.24, 2.45) is 0 Å². The van der Waals surface area contributed by atoms with Gasteiger partial charge in [-0.05, 0) is 12.1 Å². The molecule has 0 saturated carbocycles. The first kappa shape index (κ1) is 18.3. The molecule has 0 radical (unpaired) electrons. The van der Waals surface area contributed by atoms with Crippen LogP contribution < -0.4 is 4.90 Å². The Morgan fingerprint density at radius 3 is 2.39 bits per heavy atom. The Kier molecular flexibility index (Phi) is 5.43. The predicted molar refractivity (Wildman–Crippen MR) is 105 cm³/mol. The molecule has 1 aliphatic heterocycles. The number of ketones is 1. The van der Waals surface area contributed by atoms with Gasteiger partial charge in [-0.3, -0.25) is 9.69 Å². The van der Waals surface area contributed by atoms with E-state index in [2.05, 4.69) is 20.0 Å². The van der Waals surface area contributed by atoms with Crippen molar-refractivity contribution in [3.8, 4) is 0 Å². The van der Waals surface area contributed by atoms with Crippen molar-refractivity contribution in [3.63, 3.8) is 0 Å². The van der Waals surface area contributed by atoms with E-state index in [1.54, 1.807) is 23.0 Å². The zero-order valence-corrected chi connectivity index (χ0v) is 15.5. The molecule has 1 aliphatic rings. The lowest BCUT2D eigenvalue weighted by Gasteiger charge is -2.36. The van der Waals surface area contributed by atoms with Crippen molar-refractivity contribution in [2.75, 3.05) is 37.6 Å². The Morgan fingerprint density at radius 1 is 0.929 bits per heavy atom. The summed E-state index contributed by atoms with van der Waals surface area (Å²) < 4.78 is 13.9. The Balaban J connectivity index is 1.29. The van der Waals surface area contributed by atoms with Crippen LogP contribution in [-0.4, -0.2) is 58.4 Å². The number of carbonyl (C=O) groups excluding carboxylic acids is 1. The Hall–Kier alpha value is -3.06. The van der Waals surface area contributed by atoms with Crippen LogP contribution in [0.2, 0.25) is 0 Å². The number of benzene rings is 2. The fraction of sp³-hybridized carbons (Fsp3) is 0.286. The first-order chi connectivity index (χ1) is 13.7. The van der Waals surface area contributed by atoms with Gasteiger partial charge in [-0.2, -0.15) is 9.90 Å². The number of anilines is 1. The average Bonchev–Trinajstić information content (AvgIpc) is 3.22. The summed E-state index contributed by atoms with van der Waals surface area (Å²) in [5, 5.41) is 8.53. The lowest BCUT2D eigenvalue weighted by Crippen LogP contribution is -2.47. The number of para-hydroxylation sites is 1. The van der Waals surface area contributed by atoms with Crippen LogP contribution in [0.25, 0.3) is 0 Å². The van der Waals surface area contributed by atoms with Crippen molar-refractivity contribution in [1.29, 1.82) is 0 Å². The highest BCUT2D eigenvalue weighted by atomic mass is 19.1. The van der Waals surface area contributed by atoms with E-state index in [4.69, 9.17) is 0 Å². The SMILES string of the molecule is O=C(c1ccccc1)c1cnn(CCN2CCN(c3ccccc3F)CC2)n1. The molecule has 0 unspecified atom stereocenters. The van der Waals surface area contributed by atoms with Crippen molar-refractivity contribution >= 4 is 11.5 Å². The molecule has 2 aromatic carbocycles. The van der Waals surface area contributed by atoms with Crippen LogP contribution in [-0.2, 0) is 6.54 Å². The van der Waals surface area contributed by atoms with Gasteiger partial charge < -0.3 is 4.90 Å². The fourth-order valence-electron chi connectivity index (χ4n) is 3.40.